The molecule has 0 spiro atoms. The first-order chi connectivity index (χ1) is 9.50. The molecule has 1 fully saturated rings. The van der Waals surface area contributed by atoms with E-state index < -0.39 is 16.0 Å². The molecule has 1 aliphatic rings. The van der Waals surface area contributed by atoms with Crippen LogP contribution in [0.2, 0.25) is 0 Å². The number of ether oxygens (including phenoxy) is 1. The average molecular weight is 298 g/mol. The molecule has 0 radical (unpaired) electrons. The minimum Gasteiger partial charge on any atom is -0.465 e. The minimum atomic E-state index is -3.67. The molecule has 0 aromatic heterocycles. The molecule has 1 heterocycles. The van der Waals surface area contributed by atoms with Gasteiger partial charge in [-0.05, 0) is 25.6 Å². The van der Waals surface area contributed by atoms with Gasteiger partial charge in [-0.25, -0.2) is 13.2 Å². The van der Waals surface area contributed by atoms with Crippen LogP contribution in [0.1, 0.15) is 16.8 Å². The van der Waals surface area contributed by atoms with Crippen LogP contribution in [0.15, 0.2) is 29.2 Å². The molecule has 2 rings (SSSR count). The number of hydrogen-bond acceptors (Lipinski definition) is 5. The van der Waals surface area contributed by atoms with Gasteiger partial charge in [0.05, 0.1) is 17.6 Å². The predicted octanol–water partition coefficient (Wildman–Crippen LogP) is 0.456. The summed E-state index contributed by atoms with van der Waals surface area (Å²) >= 11 is 0. The van der Waals surface area contributed by atoms with Gasteiger partial charge in [-0.15, -0.1) is 0 Å². The van der Waals surface area contributed by atoms with Crippen LogP contribution in [-0.2, 0) is 14.8 Å². The zero-order chi connectivity index (χ0) is 14.8. The number of methoxy groups -OCH3 is 1. The Morgan fingerprint density at radius 1 is 1.40 bits per heavy atom. The SMILES string of the molecule is CNC1CCN(S(=O)(=O)c2ccccc2C(=O)OC)C1. The fourth-order valence-electron chi connectivity index (χ4n) is 2.29. The third kappa shape index (κ3) is 2.70. The van der Waals surface area contributed by atoms with E-state index >= 15 is 0 Å². The summed E-state index contributed by atoms with van der Waals surface area (Å²) in [7, 11) is -0.632. The largest absolute Gasteiger partial charge is 0.465 e. The third-order valence-corrected chi connectivity index (χ3v) is 5.39. The fourth-order valence-corrected chi connectivity index (χ4v) is 3.97. The van der Waals surface area contributed by atoms with Gasteiger partial charge in [0.25, 0.3) is 0 Å². The lowest BCUT2D eigenvalue weighted by Crippen LogP contribution is -2.34. The lowest BCUT2D eigenvalue weighted by Gasteiger charge is -2.18. The second-order valence-electron chi connectivity index (χ2n) is 4.63. The molecule has 7 heteroatoms. The normalized spacial score (nSPS) is 20.0. The first kappa shape index (κ1) is 15.0. The number of benzene rings is 1. The van der Waals surface area contributed by atoms with Gasteiger partial charge >= 0.3 is 5.97 Å². The van der Waals surface area contributed by atoms with Crippen molar-refractivity contribution in [3.63, 3.8) is 0 Å². The molecule has 0 amide bonds. The quantitative estimate of drug-likeness (QED) is 0.817. The molecule has 20 heavy (non-hydrogen) atoms. The van der Waals surface area contributed by atoms with E-state index in [2.05, 4.69) is 10.1 Å². The zero-order valence-electron chi connectivity index (χ0n) is 11.5. The van der Waals surface area contributed by atoms with Gasteiger partial charge in [-0.2, -0.15) is 4.31 Å². The van der Waals surface area contributed by atoms with Gasteiger partial charge in [0.1, 0.15) is 0 Å². The molecule has 1 N–H and O–H groups in total. The van der Waals surface area contributed by atoms with Crippen molar-refractivity contribution in [1.29, 1.82) is 0 Å². The van der Waals surface area contributed by atoms with Gasteiger partial charge in [0.2, 0.25) is 10.0 Å². The smallest absolute Gasteiger partial charge is 0.339 e. The Kier molecular flexibility index (Phi) is 4.42. The van der Waals surface area contributed by atoms with Crippen molar-refractivity contribution in [1.82, 2.24) is 9.62 Å². The Hall–Kier alpha value is -1.44. The fraction of sp³-hybridized carbons (Fsp3) is 0.462. The number of hydrogen-bond donors (Lipinski definition) is 1. The summed E-state index contributed by atoms with van der Waals surface area (Å²) in [6.07, 6.45) is 0.760. The number of sulfonamides is 1. The number of nitrogens with one attached hydrogen (secondary N) is 1. The molecule has 1 aromatic carbocycles. The summed E-state index contributed by atoms with van der Waals surface area (Å²) in [6.45, 7) is 0.859. The summed E-state index contributed by atoms with van der Waals surface area (Å²) in [6, 6.07) is 6.27. The van der Waals surface area contributed by atoms with E-state index in [4.69, 9.17) is 0 Å². The lowest BCUT2D eigenvalue weighted by molar-refractivity contribution is 0.0596. The number of likely N-dealkylation sites (N-methyl/N-ethyl adjacent to an activating group) is 1. The van der Waals surface area contributed by atoms with Crippen LogP contribution >= 0.6 is 0 Å². The monoisotopic (exact) mass is 298 g/mol. The van der Waals surface area contributed by atoms with E-state index in [1.165, 1.54) is 23.5 Å². The van der Waals surface area contributed by atoms with Crippen molar-refractivity contribution < 1.29 is 17.9 Å². The predicted molar refractivity (Wildman–Crippen MR) is 74.0 cm³/mol. The molecular formula is C13H18N2O4S. The van der Waals surface area contributed by atoms with Gasteiger partial charge in [0, 0.05) is 19.1 Å². The highest BCUT2D eigenvalue weighted by atomic mass is 32.2. The summed E-state index contributed by atoms with van der Waals surface area (Å²) in [5.74, 6) is -0.645. The van der Waals surface area contributed by atoms with Crippen LogP contribution in [0.25, 0.3) is 0 Å². The van der Waals surface area contributed by atoms with Crippen molar-refractivity contribution >= 4 is 16.0 Å². The molecule has 1 aromatic rings. The Balaban J connectivity index is 2.38. The molecule has 1 aliphatic heterocycles. The number of rotatable bonds is 4. The van der Waals surface area contributed by atoms with E-state index in [1.54, 1.807) is 12.1 Å². The van der Waals surface area contributed by atoms with E-state index in [0.717, 1.165) is 6.42 Å². The Morgan fingerprint density at radius 3 is 2.70 bits per heavy atom. The van der Waals surface area contributed by atoms with Gasteiger partial charge < -0.3 is 10.1 Å². The third-order valence-electron chi connectivity index (χ3n) is 3.47. The van der Waals surface area contributed by atoms with Crippen LogP contribution < -0.4 is 5.32 Å². The Bertz CT molecular complexity index is 600. The molecule has 1 atom stereocenters. The number of carbonyl (C=O) groups is 1. The van der Waals surface area contributed by atoms with Crippen molar-refractivity contribution in [3.8, 4) is 0 Å². The molecular weight excluding hydrogens is 280 g/mol. The van der Waals surface area contributed by atoms with Gasteiger partial charge in [-0.1, -0.05) is 12.1 Å². The molecule has 1 unspecified atom stereocenters. The van der Waals surface area contributed by atoms with E-state index in [0.29, 0.717) is 13.1 Å². The second-order valence-corrected chi connectivity index (χ2v) is 6.53. The second kappa shape index (κ2) is 5.90. The minimum absolute atomic E-state index is 0.00334. The number of nitrogens with zero attached hydrogens (tertiary/aromatic N) is 1. The summed E-state index contributed by atoms with van der Waals surface area (Å²) in [5, 5.41) is 3.07. The van der Waals surface area contributed by atoms with Gasteiger partial charge in [-0.3, -0.25) is 0 Å². The molecule has 0 saturated carbocycles. The van der Waals surface area contributed by atoms with E-state index in [1.807, 2.05) is 7.05 Å². The summed E-state index contributed by atoms with van der Waals surface area (Å²) < 4.78 is 31.3. The maximum atomic E-state index is 12.6. The molecule has 0 bridgehead atoms. The average Bonchev–Trinajstić information content (AvgIpc) is 2.96. The van der Waals surface area contributed by atoms with Crippen molar-refractivity contribution in [2.45, 2.75) is 17.4 Å². The Morgan fingerprint density at radius 2 is 2.10 bits per heavy atom. The number of esters is 1. The van der Waals surface area contributed by atoms with Crippen molar-refractivity contribution in [3.05, 3.63) is 29.8 Å². The topological polar surface area (TPSA) is 75.7 Å². The highest BCUT2D eigenvalue weighted by Crippen LogP contribution is 2.24. The van der Waals surface area contributed by atoms with Crippen LogP contribution in [0, 0.1) is 0 Å². The van der Waals surface area contributed by atoms with Gasteiger partial charge in [0.15, 0.2) is 0 Å². The number of carbonyl (C=O) groups excluding carboxylic acids is 1. The van der Waals surface area contributed by atoms with Crippen LogP contribution in [0.3, 0.4) is 0 Å². The van der Waals surface area contributed by atoms with E-state index in [9.17, 15) is 13.2 Å². The van der Waals surface area contributed by atoms with Crippen LogP contribution in [0.5, 0.6) is 0 Å². The highest BCUT2D eigenvalue weighted by Gasteiger charge is 2.34. The van der Waals surface area contributed by atoms with Crippen molar-refractivity contribution in [2.24, 2.45) is 0 Å². The summed E-state index contributed by atoms with van der Waals surface area (Å²) in [4.78, 5) is 11.7. The van der Waals surface area contributed by atoms with Crippen LogP contribution in [-0.4, -0.2) is 52.0 Å². The first-order valence-corrected chi connectivity index (χ1v) is 7.79. The maximum absolute atomic E-state index is 12.6. The van der Waals surface area contributed by atoms with Crippen molar-refractivity contribution in [2.75, 3.05) is 27.2 Å². The van der Waals surface area contributed by atoms with E-state index in [-0.39, 0.29) is 16.5 Å². The lowest BCUT2D eigenvalue weighted by atomic mass is 10.2. The highest BCUT2D eigenvalue weighted by molar-refractivity contribution is 7.89. The molecule has 110 valence electrons. The van der Waals surface area contributed by atoms with Crippen LogP contribution in [0.4, 0.5) is 0 Å². The first-order valence-electron chi connectivity index (χ1n) is 6.35. The molecule has 0 aliphatic carbocycles. The zero-order valence-corrected chi connectivity index (χ0v) is 12.3. The summed E-state index contributed by atoms with van der Waals surface area (Å²) in [5.41, 5.74) is 0.0721. The standard InChI is InChI=1S/C13H18N2O4S/c1-14-10-7-8-15(9-10)20(17,18)12-6-4-3-5-11(12)13(16)19-2/h3-6,10,14H,7-9H2,1-2H3. The Labute approximate surface area is 118 Å². The molecule has 1 saturated heterocycles. The molecule has 6 nitrogen and oxygen atoms in total. The maximum Gasteiger partial charge on any atom is 0.339 e.